The Morgan fingerprint density at radius 1 is 1.19 bits per heavy atom. The number of ether oxygens (including phenoxy) is 1. The maximum Gasteiger partial charge on any atom is 0.118 e. The Bertz CT molecular complexity index is 325. The van der Waals surface area contributed by atoms with E-state index in [-0.39, 0.29) is 0 Å². The van der Waals surface area contributed by atoms with E-state index >= 15 is 0 Å². The van der Waals surface area contributed by atoms with E-state index < -0.39 is 0 Å². The van der Waals surface area contributed by atoms with E-state index in [1.807, 2.05) is 12.1 Å². The van der Waals surface area contributed by atoms with Gasteiger partial charge in [-0.2, -0.15) is 0 Å². The molecule has 0 heterocycles. The van der Waals surface area contributed by atoms with Crippen LogP contribution >= 0.6 is 0 Å². The average molecular weight is 219 g/mol. The van der Waals surface area contributed by atoms with E-state index in [1.165, 1.54) is 31.2 Å². The Morgan fingerprint density at radius 2 is 1.81 bits per heavy atom. The predicted molar refractivity (Wildman–Crippen MR) is 67.0 cm³/mol. The molecule has 1 aromatic carbocycles. The van der Waals surface area contributed by atoms with Gasteiger partial charge in [0, 0.05) is 5.54 Å². The topological polar surface area (TPSA) is 21.3 Å². The average Bonchev–Trinajstić information content (AvgIpc) is 2.79. The minimum Gasteiger partial charge on any atom is -0.497 e. The van der Waals surface area contributed by atoms with Gasteiger partial charge < -0.3 is 10.1 Å². The third kappa shape index (κ3) is 2.38. The quantitative estimate of drug-likeness (QED) is 0.840. The normalized spacial score (nSPS) is 18.6. The van der Waals surface area contributed by atoms with Crippen LogP contribution in [0.4, 0.5) is 0 Å². The van der Waals surface area contributed by atoms with Gasteiger partial charge in [0.1, 0.15) is 5.75 Å². The molecule has 0 aromatic heterocycles. The van der Waals surface area contributed by atoms with E-state index in [9.17, 15) is 0 Å². The van der Waals surface area contributed by atoms with Crippen molar-refractivity contribution in [2.45, 2.75) is 37.6 Å². The molecule has 16 heavy (non-hydrogen) atoms. The first-order valence-electron chi connectivity index (χ1n) is 6.10. The fourth-order valence-electron chi connectivity index (χ4n) is 2.70. The van der Waals surface area contributed by atoms with Crippen LogP contribution in [0.15, 0.2) is 24.3 Å². The molecule has 0 spiro atoms. The maximum atomic E-state index is 5.18. The Labute approximate surface area is 98.0 Å². The van der Waals surface area contributed by atoms with Crippen LogP contribution < -0.4 is 10.1 Å². The standard InChI is InChI=1S/C14H21NO/c1-15-14(9-3-4-10-14)11-12-5-7-13(16-2)8-6-12/h5-8,15H,3-4,9-11H2,1-2H3. The molecule has 1 aromatic rings. The number of likely N-dealkylation sites (N-methyl/N-ethyl adjacent to an activating group) is 1. The highest BCUT2D eigenvalue weighted by Gasteiger charge is 2.31. The lowest BCUT2D eigenvalue weighted by Crippen LogP contribution is -2.42. The van der Waals surface area contributed by atoms with Crippen LogP contribution in [0, 0.1) is 0 Å². The van der Waals surface area contributed by atoms with Gasteiger partial charge in [-0.3, -0.25) is 0 Å². The number of nitrogens with one attached hydrogen (secondary N) is 1. The lowest BCUT2D eigenvalue weighted by molar-refractivity contribution is 0.356. The second kappa shape index (κ2) is 4.88. The van der Waals surface area contributed by atoms with Crippen molar-refractivity contribution in [3.8, 4) is 5.75 Å². The van der Waals surface area contributed by atoms with Gasteiger partial charge in [-0.1, -0.05) is 25.0 Å². The third-order valence-electron chi connectivity index (χ3n) is 3.79. The molecule has 1 aliphatic rings. The van der Waals surface area contributed by atoms with Gasteiger partial charge in [0.05, 0.1) is 7.11 Å². The summed E-state index contributed by atoms with van der Waals surface area (Å²) in [5.41, 5.74) is 1.74. The molecule has 0 aliphatic heterocycles. The molecule has 0 unspecified atom stereocenters. The Hall–Kier alpha value is -1.02. The first-order valence-corrected chi connectivity index (χ1v) is 6.10. The zero-order valence-electron chi connectivity index (χ0n) is 10.3. The van der Waals surface area contributed by atoms with E-state index in [1.54, 1.807) is 7.11 Å². The zero-order valence-corrected chi connectivity index (χ0v) is 10.3. The predicted octanol–water partition coefficient (Wildman–Crippen LogP) is 2.77. The molecule has 1 aliphatic carbocycles. The van der Waals surface area contributed by atoms with Crippen molar-refractivity contribution >= 4 is 0 Å². The van der Waals surface area contributed by atoms with E-state index in [0.29, 0.717) is 5.54 Å². The van der Waals surface area contributed by atoms with Gasteiger partial charge in [0.25, 0.3) is 0 Å². The first kappa shape index (κ1) is 11.5. The van der Waals surface area contributed by atoms with Crippen LogP contribution in [0.2, 0.25) is 0 Å². The number of benzene rings is 1. The Morgan fingerprint density at radius 3 is 2.31 bits per heavy atom. The highest BCUT2D eigenvalue weighted by atomic mass is 16.5. The number of methoxy groups -OCH3 is 1. The highest BCUT2D eigenvalue weighted by Crippen LogP contribution is 2.32. The van der Waals surface area contributed by atoms with Crippen LogP contribution in [-0.2, 0) is 6.42 Å². The first-order chi connectivity index (χ1) is 7.78. The maximum absolute atomic E-state index is 5.18. The second-order valence-corrected chi connectivity index (χ2v) is 4.76. The van der Waals surface area contributed by atoms with Crippen LogP contribution in [-0.4, -0.2) is 19.7 Å². The summed E-state index contributed by atoms with van der Waals surface area (Å²) >= 11 is 0. The monoisotopic (exact) mass is 219 g/mol. The third-order valence-corrected chi connectivity index (χ3v) is 3.79. The molecule has 0 bridgehead atoms. The smallest absolute Gasteiger partial charge is 0.118 e. The summed E-state index contributed by atoms with van der Waals surface area (Å²) in [5.74, 6) is 0.939. The minimum absolute atomic E-state index is 0.342. The van der Waals surface area contributed by atoms with Crippen molar-refractivity contribution in [2.24, 2.45) is 0 Å². The van der Waals surface area contributed by atoms with Crippen molar-refractivity contribution < 1.29 is 4.74 Å². The van der Waals surface area contributed by atoms with Crippen LogP contribution in [0.1, 0.15) is 31.2 Å². The minimum atomic E-state index is 0.342. The Kier molecular flexibility index (Phi) is 3.49. The zero-order chi connectivity index (χ0) is 11.4. The summed E-state index contributed by atoms with van der Waals surface area (Å²) in [6.07, 6.45) is 6.45. The molecular formula is C14H21NO. The van der Waals surface area contributed by atoms with Crippen molar-refractivity contribution in [3.05, 3.63) is 29.8 Å². The summed E-state index contributed by atoms with van der Waals surface area (Å²) in [4.78, 5) is 0. The van der Waals surface area contributed by atoms with Gasteiger partial charge in [0.15, 0.2) is 0 Å². The fraction of sp³-hybridized carbons (Fsp3) is 0.571. The molecule has 2 nitrogen and oxygen atoms in total. The number of hydrogen-bond acceptors (Lipinski definition) is 2. The summed E-state index contributed by atoms with van der Waals surface area (Å²) in [6.45, 7) is 0. The van der Waals surface area contributed by atoms with Crippen molar-refractivity contribution in [1.29, 1.82) is 0 Å². The lowest BCUT2D eigenvalue weighted by Gasteiger charge is -2.28. The van der Waals surface area contributed by atoms with Crippen LogP contribution in [0.5, 0.6) is 5.75 Å². The van der Waals surface area contributed by atoms with Crippen LogP contribution in [0.3, 0.4) is 0 Å². The molecule has 1 N–H and O–H groups in total. The lowest BCUT2D eigenvalue weighted by atomic mass is 9.89. The second-order valence-electron chi connectivity index (χ2n) is 4.76. The largest absolute Gasteiger partial charge is 0.497 e. The van der Waals surface area contributed by atoms with Gasteiger partial charge in [-0.25, -0.2) is 0 Å². The molecule has 2 rings (SSSR count). The Balaban J connectivity index is 2.07. The summed E-state index contributed by atoms with van der Waals surface area (Å²) in [5, 5.41) is 3.52. The molecule has 0 amide bonds. The summed E-state index contributed by atoms with van der Waals surface area (Å²) in [7, 11) is 3.80. The van der Waals surface area contributed by atoms with Crippen molar-refractivity contribution in [2.75, 3.05) is 14.2 Å². The summed E-state index contributed by atoms with van der Waals surface area (Å²) < 4.78 is 5.18. The van der Waals surface area contributed by atoms with E-state index in [0.717, 1.165) is 12.2 Å². The van der Waals surface area contributed by atoms with Gasteiger partial charge in [0.2, 0.25) is 0 Å². The van der Waals surface area contributed by atoms with Crippen molar-refractivity contribution in [1.82, 2.24) is 5.32 Å². The fourth-order valence-corrected chi connectivity index (χ4v) is 2.70. The van der Waals surface area contributed by atoms with Gasteiger partial charge in [-0.05, 0) is 44.0 Å². The molecule has 0 saturated heterocycles. The SMILES string of the molecule is CNC1(Cc2ccc(OC)cc2)CCCC1. The van der Waals surface area contributed by atoms with E-state index in [4.69, 9.17) is 4.74 Å². The molecule has 2 heteroatoms. The number of hydrogen-bond donors (Lipinski definition) is 1. The molecule has 1 fully saturated rings. The molecule has 0 radical (unpaired) electrons. The van der Waals surface area contributed by atoms with Gasteiger partial charge >= 0.3 is 0 Å². The summed E-state index contributed by atoms with van der Waals surface area (Å²) in [6, 6.07) is 8.45. The highest BCUT2D eigenvalue weighted by molar-refractivity contribution is 5.28. The van der Waals surface area contributed by atoms with Crippen molar-refractivity contribution in [3.63, 3.8) is 0 Å². The number of rotatable bonds is 4. The molecule has 88 valence electrons. The molecule has 0 atom stereocenters. The van der Waals surface area contributed by atoms with E-state index in [2.05, 4.69) is 24.5 Å². The molecular weight excluding hydrogens is 198 g/mol. The molecule has 1 saturated carbocycles. The van der Waals surface area contributed by atoms with Crippen LogP contribution in [0.25, 0.3) is 0 Å². The van der Waals surface area contributed by atoms with Gasteiger partial charge in [-0.15, -0.1) is 0 Å².